The van der Waals surface area contributed by atoms with Crippen LogP contribution in [0.1, 0.15) is 26.2 Å². The summed E-state index contributed by atoms with van der Waals surface area (Å²) in [6, 6.07) is 0. The van der Waals surface area contributed by atoms with E-state index in [9.17, 15) is 0 Å². The number of guanidine groups is 1. The third kappa shape index (κ3) is 1.70. The van der Waals surface area contributed by atoms with Gasteiger partial charge in [-0.1, -0.05) is 13.3 Å². The summed E-state index contributed by atoms with van der Waals surface area (Å²) in [6.07, 6.45) is 3.69. The number of hydrazine groups is 2. The van der Waals surface area contributed by atoms with Crippen molar-refractivity contribution >= 4 is 5.96 Å². The molecule has 0 radical (unpaired) electrons. The van der Waals surface area contributed by atoms with Gasteiger partial charge in [-0.2, -0.15) is 0 Å². The minimum Gasteiger partial charge on any atom is -0.340 e. The van der Waals surface area contributed by atoms with Gasteiger partial charge in [0, 0.05) is 19.6 Å². The van der Waals surface area contributed by atoms with Gasteiger partial charge in [-0.25, -0.2) is 5.53 Å². The van der Waals surface area contributed by atoms with Crippen LogP contribution >= 0.6 is 0 Å². The van der Waals surface area contributed by atoms with E-state index >= 15 is 0 Å². The van der Waals surface area contributed by atoms with E-state index in [-0.39, 0.29) is 0 Å². The predicted octanol–water partition coefficient (Wildman–Crippen LogP) is 0.0880. The van der Waals surface area contributed by atoms with E-state index in [1.807, 2.05) is 0 Å². The molecule has 2 N–H and O–H groups in total. The molecule has 5 nitrogen and oxygen atoms in total. The topological polar surface area (TPSA) is 42.9 Å². The Labute approximate surface area is 78.7 Å². The summed E-state index contributed by atoms with van der Waals surface area (Å²) in [5.74, 6) is 1.06. The van der Waals surface area contributed by atoms with Gasteiger partial charge in [0.1, 0.15) is 0 Å². The molecular formula is C8H17N5. The molecule has 1 saturated heterocycles. The van der Waals surface area contributed by atoms with Crippen LogP contribution in [0.3, 0.4) is 0 Å². The number of hydrogen-bond acceptors (Lipinski definition) is 5. The highest BCUT2D eigenvalue weighted by Crippen LogP contribution is 2.09. The van der Waals surface area contributed by atoms with Crippen molar-refractivity contribution in [2.45, 2.75) is 26.2 Å². The summed E-state index contributed by atoms with van der Waals surface area (Å²) in [5.41, 5.74) is 5.80. The Morgan fingerprint density at radius 3 is 3.23 bits per heavy atom. The van der Waals surface area contributed by atoms with Crippen molar-refractivity contribution in [1.29, 1.82) is 0 Å². The fraction of sp³-hybridized carbons (Fsp3) is 0.875. The Morgan fingerprint density at radius 1 is 1.46 bits per heavy atom. The lowest BCUT2D eigenvalue weighted by molar-refractivity contribution is 0.211. The summed E-state index contributed by atoms with van der Waals surface area (Å²) in [6.45, 7) is 5.52. The first kappa shape index (κ1) is 8.62. The summed E-state index contributed by atoms with van der Waals surface area (Å²) < 4.78 is 0. The third-order valence-electron chi connectivity index (χ3n) is 2.46. The number of hydrazone groups is 1. The molecule has 0 spiro atoms. The summed E-state index contributed by atoms with van der Waals surface area (Å²) >= 11 is 0. The molecule has 2 rings (SSSR count). The number of unbranched alkanes of at least 4 members (excludes halogenated alkanes) is 1. The minimum absolute atomic E-state index is 1.05. The molecule has 0 aliphatic carbocycles. The van der Waals surface area contributed by atoms with Crippen molar-refractivity contribution in [2.75, 3.05) is 19.6 Å². The van der Waals surface area contributed by atoms with Crippen LogP contribution in [0.2, 0.25) is 0 Å². The maximum atomic E-state index is 4.20. The molecule has 1 fully saturated rings. The maximum absolute atomic E-state index is 4.20. The molecule has 0 aromatic carbocycles. The predicted molar refractivity (Wildman–Crippen MR) is 51.5 cm³/mol. The highest BCUT2D eigenvalue weighted by atomic mass is 15.9. The van der Waals surface area contributed by atoms with Gasteiger partial charge in [0.05, 0.1) is 0 Å². The highest BCUT2D eigenvalue weighted by Gasteiger charge is 2.26. The van der Waals surface area contributed by atoms with E-state index in [0.29, 0.717) is 0 Å². The molecule has 0 aromatic heterocycles. The van der Waals surface area contributed by atoms with Gasteiger partial charge < -0.3 is 4.90 Å². The van der Waals surface area contributed by atoms with Crippen molar-refractivity contribution < 1.29 is 0 Å². The highest BCUT2D eigenvalue weighted by molar-refractivity contribution is 5.80. The van der Waals surface area contributed by atoms with Crippen LogP contribution in [0.4, 0.5) is 0 Å². The molecule has 0 amide bonds. The van der Waals surface area contributed by atoms with Crippen LogP contribution in [-0.2, 0) is 0 Å². The molecule has 2 heterocycles. The summed E-state index contributed by atoms with van der Waals surface area (Å²) in [5, 5.41) is 6.27. The second-order valence-corrected chi connectivity index (χ2v) is 3.48. The van der Waals surface area contributed by atoms with Gasteiger partial charge >= 0.3 is 0 Å². The standard InChI is InChI=1S/C8H17N5/c1-2-3-5-12-6-4-7-13-8(12)9-10-11-13/h10-11H,2-7H2,1H3. The molecule has 2 aliphatic rings. The number of nitrogens with zero attached hydrogens (tertiary/aromatic N) is 3. The Balaban J connectivity index is 1.93. The zero-order valence-electron chi connectivity index (χ0n) is 8.08. The zero-order chi connectivity index (χ0) is 9.10. The Bertz CT molecular complexity index is 203. The van der Waals surface area contributed by atoms with E-state index in [0.717, 1.165) is 25.6 Å². The summed E-state index contributed by atoms with van der Waals surface area (Å²) in [7, 11) is 0. The fourth-order valence-electron chi connectivity index (χ4n) is 1.72. The average molecular weight is 183 g/mol. The Morgan fingerprint density at radius 2 is 2.38 bits per heavy atom. The number of rotatable bonds is 3. The fourth-order valence-corrected chi connectivity index (χ4v) is 1.72. The second-order valence-electron chi connectivity index (χ2n) is 3.48. The lowest BCUT2D eigenvalue weighted by Gasteiger charge is -2.34. The lowest BCUT2D eigenvalue weighted by atomic mass is 10.2. The van der Waals surface area contributed by atoms with Gasteiger partial charge in [-0.15, -0.1) is 10.6 Å². The average Bonchev–Trinajstić information content (AvgIpc) is 2.62. The molecule has 2 aliphatic heterocycles. The quantitative estimate of drug-likeness (QED) is 0.650. The van der Waals surface area contributed by atoms with E-state index in [4.69, 9.17) is 0 Å². The lowest BCUT2D eigenvalue weighted by Crippen LogP contribution is -2.53. The molecule has 74 valence electrons. The largest absolute Gasteiger partial charge is 0.340 e. The van der Waals surface area contributed by atoms with E-state index in [1.165, 1.54) is 19.3 Å². The molecule has 0 atom stereocenters. The van der Waals surface area contributed by atoms with Gasteiger partial charge in [-0.3, -0.25) is 5.01 Å². The van der Waals surface area contributed by atoms with Crippen LogP contribution < -0.4 is 11.1 Å². The molecule has 13 heavy (non-hydrogen) atoms. The van der Waals surface area contributed by atoms with Crippen LogP contribution in [0.5, 0.6) is 0 Å². The Kier molecular flexibility index (Phi) is 2.54. The molecule has 0 saturated carbocycles. The number of nitrogens with one attached hydrogen (secondary N) is 2. The molecule has 5 heteroatoms. The zero-order valence-corrected chi connectivity index (χ0v) is 8.08. The van der Waals surface area contributed by atoms with Gasteiger partial charge in [-0.05, 0) is 12.8 Å². The molecule has 0 aromatic rings. The number of hydrogen-bond donors (Lipinski definition) is 2. The first-order chi connectivity index (χ1) is 6.42. The van der Waals surface area contributed by atoms with E-state index in [2.05, 4.69) is 33.0 Å². The van der Waals surface area contributed by atoms with Crippen LogP contribution in [0, 0.1) is 0 Å². The van der Waals surface area contributed by atoms with Crippen LogP contribution in [-0.4, -0.2) is 35.5 Å². The number of fused-ring (bicyclic) bond motifs is 1. The van der Waals surface area contributed by atoms with Crippen molar-refractivity contribution in [3.63, 3.8) is 0 Å². The Hall–Kier alpha value is -0.970. The first-order valence-corrected chi connectivity index (χ1v) is 5.02. The van der Waals surface area contributed by atoms with Crippen molar-refractivity contribution in [3.05, 3.63) is 0 Å². The first-order valence-electron chi connectivity index (χ1n) is 5.02. The molecule has 0 unspecified atom stereocenters. The molecular weight excluding hydrogens is 166 g/mol. The monoisotopic (exact) mass is 183 g/mol. The minimum atomic E-state index is 1.05. The van der Waals surface area contributed by atoms with Crippen molar-refractivity contribution in [3.8, 4) is 0 Å². The normalized spacial score (nSPS) is 21.2. The van der Waals surface area contributed by atoms with Gasteiger partial charge in [0.2, 0.25) is 5.96 Å². The van der Waals surface area contributed by atoms with Gasteiger partial charge in [0.15, 0.2) is 0 Å². The summed E-state index contributed by atoms with van der Waals surface area (Å²) in [4.78, 5) is 2.33. The van der Waals surface area contributed by atoms with Crippen LogP contribution in [0.25, 0.3) is 0 Å². The van der Waals surface area contributed by atoms with Crippen molar-refractivity contribution in [2.24, 2.45) is 5.10 Å². The second kappa shape index (κ2) is 3.83. The van der Waals surface area contributed by atoms with Crippen molar-refractivity contribution in [1.82, 2.24) is 21.0 Å². The van der Waals surface area contributed by atoms with E-state index in [1.54, 1.807) is 0 Å². The van der Waals surface area contributed by atoms with E-state index < -0.39 is 0 Å². The van der Waals surface area contributed by atoms with Crippen LogP contribution in [0.15, 0.2) is 5.10 Å². The molecule has 0 bridgehead atoms. The SMILES string of the molecule is CCCCN1CCCN2NNN=C12. The maximum Gasteiger partial charge on any atom is 0.236 e. The third-order valence-corrected chi connectivity index (χ3v) is 2.46. The van der Waals surface area contributed by atoms with Gasteiger partial charge in [0.25, 0.3) is 0 Å². The smallest absolute Gasteiger partial charge is 0.236 e.